The van der Waals surface area contributed by atoms with E-state index in [4.69, 9.17) is 0 Å². The number of benzene rings is 4. The van der Waals surface area contributed by atoms with Crippen LogP contribution in [-0.4, -0.2) is 49.8 Å². The summed E-state index contributed by atoms with van der Waals surface area (Å²) in [5.74, 6) is -1.48. The van der Waals surface area contributed by atoms with E-state index < -0.39 is 10.9 Å². The van der Waals surface area contributed by atoms with E-state index in [0.717, 1.165) is 0 Å². The number of carbonyl (C=O) groups is 4. The Morgan fingerprint density at radius 3 is 1.48 bits per heavy atom. The van der Waals surface area contributed by atoms with Gasteiger partial charge in [0.05, 0.1) is 17.6 Å². The van der Waals surface area contributed by atoms with Gasteiger partial charge in [0, 0.05) is 60.0 Å². The summed E-state index contributed by atoms with van der Waals surface area (Å²) in [6.45, 7) is 0. The van der Waals surface area contributed by atoms with Gasteiger partial charge in [0.15, 0.2) is 0 Å². The van der Waals surface area contributed by atoms with Gasteiger partial charge in [-0.3, -0.25) is 24.5 Å². The predicted molar refractivity (Wildman–Crippen MR) is 157 cm³/mol. The van der Waals surface area contributed by atoms with Gasteiger partial charge < -0.3 is 19.9 Å². The Labute approximate surface area is 241 Å². The maximum absolute atomic E-state index is 12.9. The maximum atomic E-state index is 12.9. The Balaban J connectivity index is 1.36. The van der Waals surface area contributed by atoms with E-state index in [9.17, 15) is 29.3 Å². The summed E-state index contributed by atoms with van der Waals surface area (Å²) in [4.78, 5) is 63.2. The zero-order valence-electron chi connectivity index (χ0n) is 22.9. The smallest absolute Gasteiger partial charge is 0.337 e. The molecule has 0 saturated heterocycles. The quantitative estimate of drug-likeness (QED) is 0.176. The number of anilines is 3. The monoisotopic (exact) mass is 566 g/mol. The highest BCUT2D eigenvalue weighted by molar-refractivity contribution is 6.08. The predicted octanol–water partition coefficient (Wildman–Crippen LogP) is 5.19. The zero-order valence-corrected chi connectivity index (χ0v) is 22.9. The number of hydrogen-bond donors (Lipinski definition) is 1. The van der Waals surface area contributed by atoms with Crippen LogP contribution in [0.3, 0.4) is 0 Å². The van der Waals surface area contributed by atoms with Gasteiger partial charge in [-0.2, -0.15) is 0 Å². The number of esters is 1. The van der Waals surface area contributed by atoms with Gasteiger partial charge in [-0.1, -0.05) is 0 Å². The number of nitro groups is 1. The zero-order chi connectivity index (χ0) is 30.4. The average Bonchev–Trinajstić information content (AvgIpc) is 3.03. The fourth-order valence-electron chi connectivity index (χ4n) is 4.02. The average molecular weight is 567 g/mol. The number of amides is 3. The summed E-state index contributed by atoms with van der Waals surface area (Å²) in [6.07, 6.45) is 0. The summed E-state index contributed by atoms with van der Waals surface area (Å²) in [7, 11) is 4.48. The molecule has 212 valence electrons. The molecule has 0 aliphatic heterocycles. The summed E-state index contributed by atoms with van der Waals surface area (Å²) in [6, 6.07) is 24.6. The van der Waals surface area contributed by atoms with E-state index >= 15 is 0 Å². The van der Waals surface area contributed by atoms with Crippen molar-refractivity contribution in [1.29, 1.82) is 0 Å². The topological polar surface area (TPSA) is 139 Å². The molecule has 0 aliphatic rings. The first-order valence-electron chi connectivity index (χ1n) is 12.6. The molecule has 4 rings (SSSR count). The maximum Gasteiger partial charge on any atom is 0.337 e. The normalized spacial score (nSPS) is 10.4. The van der Waals surface area contributed by atoms with Crippen LogP contribution in [0.5, 0.6) is 0 Å². The van der Waals surface area contributed by atoms with Gasteiger partial charge in [0.25, 0.3) is 23.4 Å². The van der Waals surface area contributed by atoms with Crippen molar-refractivity contribution >= 4 is 46.4 Å². The van der Waals surface area contributed by atoms with Crippen molar-refractivity contribution in [2.75, 3.05) is 36.3 Å². The van der Waals surface area contributed by atoms with Crippen LogP contribution in [-0.2, 0) is 4.74 Å². The van der Waals surface area contributed by atoms with E-state index in [1.165, 1.54) is 41.2 Å². The van der Waals surface area contributed by atoms with E-state index in [-0.39, 0.29) is 29.0 Å². The Hall–Kier alpha value is -5.84. The Kier molecular flexibility index (Phi) is 8.72. The van der Waals surface area contributed by atoms with Gasteiger partial charge in [0.1, 0.15) is 0 Å². The van der Waals surface area contributed by atoms with Gasteiger partial charge in [-0.15, -0.1) is 0 Å². The molecule has 0 aromatic heterocycles. The molecule has 11 heteroatoms. The SMILES string of the molecule is COC(=O)c1ccc(N(C)C(=O)c2ccc(NC(=O)c3ccc(N(C)C(=O)c4ccc([N+](=O)[O-])cc4)cc3)cc2)cc1. The van der Waals surface area contributed by atoms with Crippen LogP contribution < -0.4 is 15.1 Å². The first-order chi connectivity index (χ1) is 20.1. The van der Waals surface area contributed by atoms with Crippen molar-refractivity contribution in [2.24, 2.45) is 0 Å². The van der Waals surface area contributed by atoms with E-state index in [2.05, 4.69) is 10.1 Å². The lowest BCUT2D eigenvalue weighted by Gasteiger charge is -2.18. The second-order valence-electron chi connectivity index (χ2n) is 9.15. The second kappa shape index (κ2) is 12.6. The molecule has 0 aliphatic carbocycles. The van der Waals surface area contributed by atoms with Crippen molar-refractivity contribution in [1.82, 2.24) is 0 Å². The standard InChI is InChI=1S/C31H26N4O7/c1-33(30(38)22-8-18-27(19-9-22)35(40)41)25-14-6-20(7-15-25)28(36)32-24-12-4-21(5-13-24)29(37)34(2)26-16-10-23(11-17-26)31(39)42-3/h4-19H,1-3H3,(H,32,36). The van der Waals surface area contributed by atoms with Gasteiger partial charge in [-0.05, 0) is 84.9 Å². The molecule has 0 radical (unpaired) electrons. The van der Waals surface area contributed by atoms with Crippen LogP contribution in [0.2, 0.25) is 0 Å². The van der Waals surface area contributed by atoms with Crippen LogP contribution in [0, 0.1) is 10.1 Å². The molecule has 1 N–H and O–H groups in total. The minimum Gasteiger partial charge on any atom is -0.465 e. The Morgan fingerprint density at radius 1 is 0.643 bits per heavy atom. The first-order valence-corrected chi connectivity index (χ1v) is 12.6. The number of nitrogens with one attached hydrogen (secondary N) is 1. The fourth-order valence-corrected chi connectivity index (χ4v) is 4.02. The minimum absolute atomic E-state index is 0.109. The van der Waals surface area contributed by atoms with Crippen LogP contribution in [0.25, 0.3) is 0 Å². The number of nitrogens with zero attached hydrogens (tertiary/aromatic N) is 3. The molecule has 0 unspecified atom stereocenters. The van der Waals surface area contributed by atoms with Crippen LogP contribution in [0.15, 0.2) is 97.1 Å². The molecule has 0 bridgehead atoms. The summed E-state index contributed by atoms with van der Waals surface area (Å²) in [5, 5.41) is 13.6. The summed E-state index contributed by atoms with van der Waals surface area (Å²) < 4.78 is 4.69. The molecule has 0 spiro atoms. The van der Waals surface area contributed by atoms with Crippen molar-refractivity contribution in [3.8, 4) is 0 Å². The third-order valence-corrected chi connectivity index (χ3v) is 6.52. The largest absolute Gasteiger partial charge is 0.465 e. The van der Waals surface area contributed by atoms with Gasteiger partial charge >= 0.3 is 5.97 Å². The van der Waals surface area contributed by atoms with Gasteiger partial charge in [-0.25, -0.2) is 4.79 Å². The lowest BCUT2D eigenvalue weighted by Crippen LogP contribution is -2.26. The third kappa shape index (κ3) is 6.48. The van der Waals surface area contributed by atoms with E-state index in [1.54, 1.807) is 86.9 Å². The molecular weight excluding hydrogens is 540 g/mol. The highest BCUT2D eigenvalue weighted by Gasteiger charge is 2.17. The van der Waals surface area contributed by atoms with Crippen molar-refractivity contribution in [3.63, 3.8) is 0 Å². The molecule has 0 fully saturated rings. The molecule has 3 amide bonds. The van der Waals surface area contributed by atoms with Crippen LogP contribution in [0.1, 0.15) is 41.4 Å². The minimum atomic E-state index is -0.537. The number of nitro benzene ring substituents is 1. The molecule has 4 aromatic rings. The molecule has 0 heterocycles. The number of carbonyl (C=O) groups excluding carboxylic acids is 4. The highest BCUT2D eigenvalue weighted by atomic mass is 16.6. The highest BCUT2D eigenvalue weighted by Crippen LogP contribution is 2.21. The van der Waals surface area contributed by atoms with E-state index in [1.807, 2.05) is 0 Å². The number of non-ortho nitro benzene ring substituents is 1. The second-order valence-corrected chi connectivity index (χ2v) is 9.15. The van der Waals surface area contributed by atoms with Gasteiger partial charge in [0.2, 0.25) is 0 Å². The molecule has 11 nitrogen and oxygen atoms in total. The molecule has 0 atom stereocenters. The van der Waals surface area contributed by atoms with Crippen molar-refractivity contribution < 1.29 is 28.8 Å². The Bertz CT molecular complexity index is 1630. The number of rotatable bonds is 8. The summed E-state index contributed by atoms with van der Waals surface area (Å²) in [5.41, 5.74) is 2.91. The first kappa shape index (κ1) is 29.2. The third-order valence-electron chi connectivity index (χ3n) is 6.52. The fraction of sp³-hybridized carbons (Fsp3) is 0.0968. The number of hydrogen-bond acceptors (Lipinski definition) is 7. The van der Waals surface area contributed by atoms with Crippen LogP contribution >= 0.6 is 0 Å². The lowest BCUT2D eigenvalue weighted by molar-refractivity contribution is -0.384. The molecule has 42 heavy (non-hydrogen) atoms. The number of ether oxygens (including phenoxy) is 1. The molecule has 4 aromatic carbocycles. The number of methoxy groups -OCH3 is 1. The summed E-state index contributed by atoms with van der Waals surface area (Å²) >= 11 is 0. The van der Waals surface area contributed by atoms with Crippen molar-refractivity contribution in [3.05, 3.63) is 129 Å². The van der Waals surface area contributed by atoms with Crippen molar-refractivity contribution in [2.45, 2.75) is 0 Å². The van der Waals surface area contributed by atoms with Crippen LogP contribution in [0.4, 0.5) is 22.7 Å². The molecule has 0 saturated carbocycles. The lowest BCUT2D eigenvalue weighted by atomic mass is 10.1. The molecular formula is C31H26N4O7. The Morgan fingerprint density at radius 2 is 1.05 bits per heavy atom. The van der Waals surface area contributed by atoms with E-state index in [0.29, 0.717) is 33.8 Å².